The lowest BCUT2D eigenvalue weighted by Crippen LogP contribution is -2.42. The summed E-state index contributed by atoms with van der Waals surface area (Å²) in [4.78, 5) is 26.9. The average Bonchev–Trinajstić information content (AvgIpc) is 2.85. The second-order valence-corrected chi connectivity index (χ2v) is 5.20. The van der Waals surface area contributed by atoms with E-state index in [1.807, 2.05) is 19.1 Å². The van der Waals surface area contributed by atoms with Gasteiger partial charge >= 0.3 is 12.0 Å². The molecule has 0 aliphatic heterocycles. The lowest BCUT2D eigenvalue weighted by Gasteiger charge is -2.14. The normalized spacial score (nSPS) is 12.1. The molecule has 0 aliphatic carbocycles. The fourth-order valence-corrected chi connectivity index (χ4v) is 2.52. The van der Waals surface area contributed by atoms with Crippen LogP contribution in [0.25, 0.3) is 10.2 Å². The summed E-state index contributed by atoms with van der Waals surface area (Å²) in [5.74, 6) is -1.03. The molecule has 2 amide bonds. The number of carboxylic acid groups (broad SMARTS) is 1. The molecular formula is C13H15N3O3S. The maximum Gasteiger partial charge on any atom is 0.326 e. The number of thiazole rings is 1. The van der Waals surface area contributed by atoms with Crippen molar-refractivity contribution >= 4 is 39.2 Å². The Bertz CT molecular complexity index is 626. The van der Waals surface area contributed by atoms with Crippen LogP contribution in [0.15, 0.2) is 23.7 Å². The Labute approximate surface area is 119 Å². The highest BCUT2D eigenvalue weighted by atomic mass is 32.1. The summed E-state index contributed by atoms with van der Waals surface area (Å²) in [7, 11) is 0. The molecule has 0 spiro atoms. The number of hydrogen-bond donors (Lipinski definition) is 3. The van der Waals surface area contributed by atoms with E-state index in [-0.39, 0.29) is 0 Å². The first-order chi connectivity index (χ1) is 9.60. The van der Waals surface area contributed by atoms with Gasteiger partial charge in [0.25, 0.3) is 0 Å². The third-order valence-corrected chi connectivity index (χ3v) is 3.56. The van der Waals surface area contributed by atoms with E-state index >= 15 is 0 Å². The molecule has 1 heterocycles. The van der Waals surface area contributed by atoms with Gasteiger partial charge in [0.2, 0.25) is 0 Å². The first kappa shape index (κ1) is 14.3. The molecule has 0 aliphatic rings. The molecule has 1 aromatic carbocycles. The van der Waals surface area contributed by atoms with E-state index in [4.69, 9.17) is 5.11 Å². The fourth-order valence-electron chi connectivity index (χ4n) is 1.80. The average molecular weight is 293 g/mol. The van der Waals surface area contributed by atoms with E-state index in [9.17, 15) is 9.59 Å². The minimum absolute atomic E-state index is 0.399. The van der Waals surface area contributed by atoms with Gasteiger partial charge in [0.15, 0.2) is 0 Å². The standard InChI is InChI=1S/C13H15N3O3S/c1-2-3-10(12(17)18)16-13(19)15-8-4-5-9-11(6-8)20-7-14-9/h4-7,10H,2-3H2,1H3,(H,17,18)(H2,15,16,19)/t10-/m0/s1. The smallest absolute Gasteiger partial charge is 0.326 e. The summed E-state index contributed by atoms with van der Waals surface area (Å²) < 4.78 is 0.964. The summed E-state index contributed by atoms with van der Waals surface area (Å²) in [5, 5.41) is 14.1. The molecule has 1 aromatic heterocycles. The Morgan fingerprint density at radius 3 is 2.95 bits per heavy atom. The van der Waals surface area contributed by atoms with Gasteiger partial charge in [-0.3, -0.25) is 0 Å². The number of rotatable bonds is 5. The molecule has 0 unspecified atom stereocenters. The predicted octanol–water partition coefficient (Wildman–Crippen LogP) is 2.67. The number of anilines is 1. The van der Waals surface area contributed by atoms with Crippen molar-refractivity contribution in [3.05, 3.63) is 23.7 Å². The van der Waals surface area contributed by atoms with Crippen molar-refractivity contribution < 1.29 is 14.7 Å². The summed E-state index contributed by atoms with van der Waals surface area (Å²) >= 11 is 1.48. The third kappa shape index (κ3) is 3.45. The van der Waals surface area contributed by atoms with Crippen LogP contribution in [0.1, 0.15) is 19.8 Å². The number of amides is 2. The van der Waals surface area contributed by atoms with Crippen LogP contribution in [0.2, 0.25) is 0 Å². The van der Waals surface area contributed by atoms with Crippen LogP contribution in [0.5, 0.6) is 0 Å². The van der Waals surface area contributed by atoms with Crippen LogP contribution in [0, 0.1) is 0 Å². The maximum atomic E-state index is 11.8. The number of carbonyl (C=O) groups excluding carboxylic acids is 1. The minimum Gasteiger partial charge on any atom is -0.480 e. The fraction of sp³-hybridized carbons (Fsp3) is 0.308. The highest BCUT2D eigenvalue weighted by Crippen LogP contribution is 2.21. The number of benzene rings is 1. The van der Waals surface area contributed by atoms with Crippen molar-refractivity contribution in [1.82, 2.24) is 10.3 Å². The van der Waals surface area contributed by atoms with Gasteiger partial charge in [-0.05, 0) is 24.6 Å². The van der Waals surface area contributed by atoms with Crippen molar-refractivity contribution in [3.8, 4) is 0 Å². The number of nitrogens with zero attached hydrogens (tertiary/aromatic N) is 1. The molecule has 0 radical (unpaired) electrons. The number of fused-ring (bicyclic) bond motifs is 1. The summed E-state index contributed by atoms with van der Waals surface area (Å²) in [5.41, 5.74) is 3.21. The second kappa shape index (κ2) is 6.33. The number of carbonyl (C=O) groups is 2. The second-order valence-electron chi connectivity index (χ2n) is 4.31. The zero-order chi connectivity index (χ0) is 14.5. The van der Waals surface area contributed by atoms with Crippen molar-refractivity contribution in [3.63, 3.8) is 0 Å². The van der Waals surface area contributed by atoms with Crippen LogP contribution in [-0.2, 0) is 4.79 Å². The first-order valence-electron chi connectivity index (χ1n) is 6.23. The van der Waals surface area contributed by atoms with Crippen LogP contribution in [0.3, 0.4) is 0 Å². The summed E-state index contributed by atoms with van der Waals surface area (Å²) in [6.45, 7) is 1.87. The minimum atomic E-state index is -1.03. The van der Waals surface area contributed by atoms with Gasteiger partial charge in [-0.1, -0.05) is 13.3 Å². The molecule has 0 fully saturated rings. The van der Waals surface area contributed by atoms with Crippen molar-refractivity contribution in [2.24, 2.45) is 0 Å². The molecule has 7 heteroatoms. The van der Waals surface area contributed by atoms with E-state index < -0.39 is 18.0 Å². The van der Waals surface area contributed by atoms with Gasteiger partial charge in [0.1, 0.15) is 6.04 Å². The number of urea groups is 1. The highest BCUT2D eigenvalue weighted by Gasteiger charge is 2.18. The van der Waals surface area contributed by atoms with Crippen LogP contribution >= 0.6 is 11.3 Å². The zero-order valence-electron chi connectivity index (χ0n) is 10.9. The van der Waals surface area contributed by atoms with E-state index in [1.165, 1.54) is 11.3 Å². The van der Waals surface area contributed by atoms with Crippen molar-refractivity contribution in [1.29, 1.82) is 0 Å². The SMILES string of the molecule is CCC[C@H](NC(=O)Nc1ccc2ncsc2c1)C(=O)O. The van der Waals surface area contributed by atoms with Gasteiger partial charge in [0, 0.05) is 5.69 Å². The number of aromatic nitrogens is 1. The molecule has 1 atom stereocenters. The van der Waals surface area contributed by atoms with E-state index in [2.05, 4.69) is 15.6 Å². The Morgan fingerprint density at radius 1 is 1.45 bits per heavy atom. The van der Waals surface area contributed by atoms with Gasteiger partial charge in [-0.2, -0.15) is 0 Å². The van der Waals surface area contributed by atoms with Gasteiger partial charge in [0.05, 0.1) is 15.7 Å². The lowest BCUT2D eigenvalue weighted by atomic mass is 10.2. The monoisotopic (exact) mass is 293 g/mol. The molecule has 20 heavy (non-hydrogen) atoms. The molecule has 2 rings (SSSR count). The van der Waals surface area contributed by atoms with Gasteiger partial charge < -0.3 is 15.7 Å². The number of aliphatic carboxylic acids is 1. The third-order valence-electron chi connectivity index (χ3n) is 2.77. The quantitative estimate of drug-likeness (QED) is 0.790. The Balaban J connectivity index is 2.01. The molecule has 0 saturated heterocycles. The summed E-state index contributed by atoms with van der Waals surface area (Å²) in [6, 6.07) is 3.96. The van der Waals surface area contributed by atoms with E-state index in [0.717, 1.165) is 10.2 Å². The maximum absolute atomic E-state index is 11.8. The van der Waals surface area contributed by atoms with Gasteiger partial charge in [-0.25, -0.2) is 14.6 Å². The molecule has 3 N–H and O–H groups in total. The Kier molecular flexibility index (Phi) is 4.52. The molecule has 106 valence electrons. The number of carboxylic acids is 1. The van der Waals surface area contributed by atoms with Crippen LogP contribution in [-0.4, -0.2) is 28.1 Å². The summed E-state index contributed by atoms with van der Waals surface area (Å²) in [6.07, 6.45) is 1.08. The topological polar surface area (TPSA) is 91.3 Å². The van der Waals surface area contributed by atoms with Crippen LogP contribution in [0.4, 0.5) is 10.5 Å². The van der Waals surface area contributed by atoms with E-state index in [0.29, 0.717) is 18.5 Å². The lowest BCUT2D eigenvalue weighted by molar-refractivity contribution is -0.139. The van der Waals surface area contributed by atoms with Crippen molar-refractivity contribution in [2.45, 2.75) is 25.8 Å². The molecular weight excluding hydrogens is 278 g/mol. The largest absolute Gasteiger partial charge is 0.480 e. The zero-order valence-corrected chi connectivity index (χ0v) is 11.7. The predicted molar refractivity (Wildman–Crippen MR) is 78.1 cm³/mol. The molecule has 0 saturated carbocycles. The van der Waals surface area contributed by atoms with Crippen molar-refractivity contribution in [2.75, 3.05) is 5.32 Å². The molecule has 0 bridgehead atoms. The number of hydrogen-bond acceptors (Lipinski definition) is 4. The Hall–Kier alpha value is -2.15. The van der Waals surface area contributed by atoms with Crippen LogP contribution < -0.4 is 10.6 Å². The Morgan fingerprint density at radius 2 is 2.25 bits per heavy atom. The first-order valence-corrected chi connectivity index (χ1v) is 7.11. The van der Waals surface area contributed by atoms with E-state index in [1.54, 1.807) is 11.6 Å². The number of nitrogens with one attached hydrogen (secondary N) is 2. The highest BCUT2D eigenvalue weighted by molar-refractivity contribution is 7.16. The van der Waals surface area contributed by atoms with Gasteiger partial charge in [-0.15, -0.1) is 11.3 Å². The molecule has 2 aromatic rings. The molecule has 6 nitrogen and oxygen atoms in total.